The lowest BCUT2D eigenvalue weighted by Crippen LogP contribution is -2.32. The van der Waals surface area contributed by atoms with Crippen LogP contribution in [0.1, 0.15) is 44.1 Å². The predicted molar refractivity (Wildman–Crippen MR) is 121 cm³/mol. The Bertz CT molecular complexity index is 951. The molecule has 1 saturated carbocycles. The van der Waals surface area contributed by atoms with Crippen LogP contribution in [0.4, 0.5) is 11.4 Å². The molecule has 0 aliphatic heterocycles. The first-order valence-electron chi connectivity index (χ1n) is 10.4. The summed E-state index contributed by atoms with van der Waals surface area (Å²) in [4.78, 5) is 12.3. The number of sulfonamides is 1. The smallest absolute Gasteiger partial charge is 0.232 e. The van der Waals surface area contributed by atoms with E-state index in [4.69, 9.17) is 4.74 Å². The molecule has 3 rings (SSSR count). The summed E-state index contributed by atoms with van der Waals surface area (Å²) in [5, 5.41) is 2.86. The molecule has 0 heterocycles. The number of anilines is 2. The second-order valence-corrected chi connectivity index (χ2v) is 9.73. The lowest BCUT2D eigenvalue weighted by molar-refractivity contribution is -0.116. The average molecular weight is 431 g/mol. The Hall–Kier alpha value is -2.54. The predicted octanol–water partition coefficient (Wildman–Crippen LogP) is 4.50. The van der Waals surface area contributed by atoms with E-state index in [1.54, 1.807) is 6.07 Å². The molecular formula is C23H30N2O4S. The van der Waals surface area contributed by atoms with Gasteiger partial charge in [-0.05, 0) is 74.9 Å². The zero-order chi connectivity index (χ0) is 21.6. The number of carbonyl (C=O) groups is 1. The third-order valence-electron chi connectivity index (χ3n) is 5.29. The summed E-state index contributed by atoms with van der Waals surface area (Å²) in [5.41, 5.74) is 2.24. The van der Waals surface area contributed by atoms with E-state index in [9.17, 15) is 13.2 Å². The van der Waals surface area contributed by atoms with Gasteiger partial charge in [0.05, 0.1) is 18.0 Å². The monoisotopic (exact) mass is 430 g/mol. The molecule has 6 nitrogen and oxygen atoms in total. The van der Waals surface area contributed by atoms with E-state index in [1.165, 1.54) is 23.4 Å². The zero-order valence-corrected chi connectivity index (χ0v) is 18.5. The summed E-state index contributed by atoms with van der Waals surface area (Å²) < 4.78 is 31.7. The molecule has 1 amide bonds. The minimum Gasteiger partial charge on any atom is -0.490 e. The van der Waals surface area contributed by atoms with Crippen molar-refractivity contribution in [3.63, 3.8) is 0 Å². The number of aryl methyl sites for hydroxylation is 1. The van der Waals surface area contributed by atoms with Crippen molar-refractivity contribution in [2.75, 3.05) is 22.4 Å². The number of hydrogen-bond donors (Lipinski definition) is 1. The maximum atomic E-state index is 12.3. The molecule has 0 saturated heterocycles. The van der Waals surface area contributed by atoms with Gasteiger partial charge in [-0.3, -0.25) is 9.10 Å². The normalized spacial score (nSPS) is 14.5. The molecule has 2 aromatic rings. The van der Waals surface area contributed by atoms with Crippen LogP contribution in [0, 0.1) is 6.92 Å². The van der Waals surface area contributed by atoms with E-state index >= 15 is 0 Å². The van der Waals surface area contributed by atoms with Crippen molar-refractivity contribution in [3.05, 3.63) is 54.1 Å². The maximum absolute atomic E-state index is 12.3. The molecule has 1 aliphatic carbocycles. The highest BCUT2D eigenvalue weighted by molar-refractivity contribution is 7.92. The second-order valence-electron chi connectivity index (χ2n) is 7.82. The molecule has 30 heavy (non-hydrogen) atoms. The van der Waals surface area contributed by atoms with Crippen LogP contribution in [0.2, 0.25) is 0 Å². The standard InChI is InChI=1S/C23H30N2O4S/c1-18-8-3-6-11-22(18)25(30(2,27)28)17-7-12-23(26)24-19-13-15-21(16-14-19)29-20-9-4-5-10-20/h3,6,8,11,13-16,20H,4-5,7,9-10,12,17H2,1-2H3,(H,24,26). The third-order valence-corrected chi connectivity index (χ3v) is 6.47. The largest absolute Gasteiger partial charge is 0.490 e. The van der Waals surface area contributed by atoms with Crippen LogP contribution in [-0.4, -0.2) is 33.2 Å². The van der Waals surface area contributed by atoms with Crippen LogP contribution in [0.3, 0.4) is 0 Å². The van der Waals surface area contributed by atoms with Gasteiger partial charge in [0.1, 0.15) is 5.75 Å². The number of nitrogens with zero attached hydrogens (tertiary/aromatic N) is 1. The molecule has 7 heteroatoms. The van der Waals surface area contributed by atoms with E-state index < -0.39 is 10.0 Å². The topological polar surface area (TPSA) is 75.7 Å². The van der Waals surface area contributed by atoms with Crippen molar-refractivity contribution >= 4 is 27.3 Å². The average Bonchev–Trinajstić information content (AvgIpc) is 3.20. The molecule has 162 valence electrons. The fourth-order valence-electron chi connectivity index (χ4n) is 3.73. The van der Waals surface area contributed by atoms with Crippen LogP contribution in [-0.2, 0) is 14.8 Å². The van der Waals surface area contributed by atoms with Gasteiger partial charge in [0, 0.05) is 18.7 Å². The lowest BCUT2D eigenvalue weighted by Gasteiger charge is -2.24. The van der Waals surface area contributed by atoms with Gasteiger partial charge in [0.25, 0.3) is 0 Å². The van der Waals surface area contributed by atoms with Crippen LogP contribution >= 0.6 is 0 Å². The summed E-state index contributed by atoms with van der Waals surface area (Å²) in [6.07, 6.45) is 6.80. The Balaban J connectivity index is 1.50. The van der Waals surface area contributed by atoms with Crippen molar-refractivity contribution in [1.82, 2.24) is 0 Å². The van der Waals surface area contributed by atoms with Crippen molar-refractivity contribution in [1.29, 1.82) is 0 Å². The van der Waals surface area contributed by atoms with Gasteiger partial charge in [-0.2, -0.15) is 0 Å². The summed E-state index contributed by atoms with van der Waals surface area (Å²) in [6.45, 7) is 2.13. The number of hydrogen-bond acceptors (Lipinski definition) is 4. The SMILES string of the molecule is Cc1ccccc1N(CCCC(=O)Nc1ccc(OC2CCCC2)cc1)S(C)(=O)=O. The number of benzene rings is 2. The molecule has 1 fully saturated rings. The Morgan fingerprint density at radius 1 is 1.10 bits per heavy atom. The first-order chi connectivity index (χ1) is 14.3. The molecule has 0 bridgehead atoms. The molecule has 1 N–H and O–H groups in total. The van der Waals surface area contributed by atoms with Crippen molar-refractivity contribution < 1.29 is 17.9 Å². The van der Waals surface area contributed by atoms with E-state index in [0.29, 0.717) is 23.9 Å². The number of ether oxygens (including phenoxy) is 1. The number of carbonyl (C=O) groups excluding carboxylic acids is 1. The Morgan fingerprint density at radius 3 is 2.40 bits per heavy atom. The van der Waals surface area contributed by atoms with E-state index in [0.717, 1.165) is 24.2 Å². The van der Waals surface area contributed by atoms with E-state index in [2.05, 4.69) is 5.32 Å². The molecule has 0 spiro atoms. The first kappa shape index (κ1) is 22.2. The molecule has 0 atom stereocenters. The molecule has 1 aliphatic rings. The second kappa shape index (κ2) is 9.98. The molecule has 0 unspecified atom stereocenters. The minimum absolute atomic E-state index is 0.141. The molecule has 2 aromatic carbocycles. The van der Waals surface area contributed by atoms with Gasteiger partial charge in [-0.1, -0.05) is 18.2 Å². The summed E-state index contributed by atoms with van der Waals surface area (Å²) >= 11 is 0. The number of para-hydroxylation sites is 1. The van der Waals surface area contributed by atoms with Gasteiger partial charge in [-0.15, -0.1) is 0 Å². The van der Waals surface area contributed by atoms with E-state index in [1.807, 2.05) is 49.4 Å². The Labute approximate surface area is 179 Å². The maximum Gasteiger partial charge on any atom is 0.232 e. The highest BCUT2D eigenvalue weighted by Gasteiger charge is 2.19. The fraction of sp³-hybridized carbons (Fsp3) is 0.435. The van der Waals surface area contributed by atoms with Crippen LogP contribution in [0.5, 0.6) is 5.75 Å². The van der Waals surface area contributed by atoms with Crippen molar-refractivity contribution in [3.8, 4) is 5.75 Å². The van der Waals surface area contributed by atoms with Crippen LogP contribution in [0.15, 0.2) is 48.5 Å². The summed E-state index contributed by atoms with van der Waals surface area (Å²) in [6, 6.07) is 14.8. The summed E-state index contributed by atoms with van der Waals surface area (Å²) in [5.74, 6) is 0.680. The minimum atomic E-state index is -3.42. The zero-order valence-electron chi connectivity index (χ0n) is 17.6. The van der Waals surface area contributed by atoms with Crippen molar-refractivity contribution in [2.24, 2.45) is 0 Å². The molecular weight excluding hydrogens is 400 g/mol. The van der Waals surface area contributed by atoms with Gasteiger partial charge < -0.3 is 10.1 Å². The highest BCUT2D eigenvalue weighted by Crippen LogP contribution is 2.25. The Morgan fingerprint density at radius 2 is 1.77 bits per heavy atom. The van der Waals surface area contributed by atoms with Gasteiger partial charge in [0.2, 0.25) is 15.9 Å². The third kappa shape index (κ3) is 6.23. The fourth-order valence-corrected chi connectivity index (χ4v) is 4.75. The first-order valence-corrected chi connectivity index (χ1v) is 12.3. The number of rotatable bonds is 9. The lowest BCUT2D eigenvalue weighted by atomic mass is 10.2. The molecule has 0 radical (unpaired) electrons. The van der Waals surface area contributed by atoms with Gasteiger partial charge >= 0.3 is 0 Å². The Kier molecular flexibility index (Phi) is 7.37. The quantitative estimate of drug-likeness (QED) is 0.635. The number of amides is 1. The van der Waals surface area contributed by atoms with E-state index in [-0.39, 0.29) is 18.9 Å². The van der Waals surface area contributed by atoms with Gasteiger partial charge in [-0.25, -0.2) is 8.42 Å². The number of nitrogens with one attached hydrogen (secondary N) is 1. The molecule has 0 aromatic heterocycles. The van der Waals surface area contributed by atoms with Crippen LogP contribution in [0.25, 0.3) is 0 Å². The summed E-state index contributed by atoms with van der Waals surface area (Å²) in [7, 11) is -3.42. The highest BCUT2D eigenvalue weighted by atomic mass is 32.2. The van der Waals surface area contributed by atoms with Gasteiger partial charge in [0.15, 0.2) is 0 Å². The van der Waals surface area contributed by atoms with Crippen molar-refractivity contribution in [2.45, 2.75) is 51.6 Å². The van der Waals surface area contributed by atoms with Crippen LogP contribution < -0.4 is 14.4 Å².